The first-order valence-electron chi connectivity index (χ1n) is 12.2. The van der Waals surface area contributed by atoms with E-state index in [2.05, 4.69) is 24.8 Å². The number of nitrogens with zero attached hydrogens (tertiary/aromatic N) is 5. The Morgan fingerprint density at radius 3 is 2.81 bits per heavy atom. The lowest BCUT2D eigenvalue weighted by atomic mass is 10.2. The first-order chi connectivity index (χ1) is 18.0. The molecule has 0 aliphatic carbocycles. The molecule has 11 nitrogen and oxygen atoms in total. The molecule has 0 spiro atoms. The Morgan fingerprint density at radius 2 is 2.00 bits per heavy atom. The number of esters is 2. The Bertz CT molecular complexity index is 1450. The lowest BCUT2D eigenvalue weighted by Crippen LogP contribution is -2.35. The van der Waals surface area contributed by atoms with Crippen molar-refractivity contribution in [1.82, 2.24) is 24.5 Å². The van der Waals surface area contributed by atoms with E-state index in [1.807, 2.05) is 0 Å². The maximum Gasteiger partial charge on any atom is 0.358 e. The van der Waals surface area contributed by atoms with Crippen LogP contribution in [0.2, 0.25) is 0 Å². The standard InChI is InChI=1S/C25H27FN6O5/c1-3-35-19(33)11-32-18-8-7-15(26)10-17(18)22(21(32)25(34)36-4-2)37-12-16-6-5-9-31(16)24-20-23(28-13-27-20)29-14-30-24/h7-8,10,13-14,16H,3-6,9,11-12H2,1-2H3,(H,27,28,29,30)/t16-/m1/s1. The van der Waals surface area contributed by atoms with Crippen LogP contribution in [0, 0.1) is 5.82 Å². The van der Waals surface area contributed by atoms with E-state index in [0.717, 1.165) is 30.7 Å². The van der Waals surface area contributed by atoms with Crippen molar-refractivity contribution < 1.29 is 28.2 Å². The molecule has 4 aromatic rings. The number of carbonyl (C=O) groups excluding carboxylic acids is 2. The largest absolute Gasteiger partial charge is 0.488 e. The van der Waals surface area contributed by atoms with Crippen LogP contribution in [0.3, 0.4) is 0 Å². The molecule has 0 bridgehead atoms. The number of aromatic amines is 1. The lowest BCUT2D eigenvalue weighted by Gasteiger charge is -2.26. The molecule has 3 aromatic heterocycles. The number of anilines is 1. The van der Waals surface area contributed by atoms with Crippen LogP contribution >= 0.6 is 0 Å². The number of imidazole rings is 1. The summed E-state index contributed by atoms with van der Waals surface area (Å²) in [7, 11) is 0. The minimum absolute atomic E-state index is 0.0399. The molecule has 1 atom stereocenters. The third-order valence-electron chi connectivity index (χ3n) is 6.31. The molecule has 37 heavy (non-hydrogen) atoms. The summed E-state index contributed by atoms with van der Waals surface area (Å²) in [5, 5.41) is 0.370. The van der Waals surface area contributed by atoms with Crippen LogP contribution in [0.4, 0.5) is 10.2 Å². The number of benzene rings is 1. The quantitative estimate of drug-likeness (QED) is 0.338. The third kappa shape index (κ3) is 4.66. The molecule has 12 heteroatoms. The molecule has 0 saturated carbocycles. The van der Waals surface area contributed by atoms with Crippen LogP contribution in [-0.4, -0.2) is 68.8 Å². The Kier molecular flexibility index (Phi) is 6.89. The summed E-state index contributed by atoms with van der Waals surface area (Å²) in [6, 6.07) is 4.00. The predicted octanol–water partition coefficient (Wildman–Crippen LogP) is 3.23. The number of halogens is 1. The molecule has 1 saturated heterocycles. The average Bonchev–Trinajstić information content (AvgIpc) is 3.60. The molecule has 1 N–H and O–H groups in total. The molecular weight excluding hydrogens is 483 g/mol. The number of aromatic nitrogens is 5. The van der Waals surface area contributed by atoms with E-state index in [4.69, 9.17) is 14.2 Å². The van der Waals surface area contributed by atoms with Gasteiger partial charge in [0.2, 0.25) is 0 Å². The number of hydrogen-bond acceptors (Lipinski definition) is 9. The Balaban J connectivity index is 1.51. The van der Waals surface area contributed by atoms with E-state index < -0.39 is 17.8 Å². The van der Waals surface area contributed by atoms with Gasteiger partial charge in [0.25, 0.3) is 0 Å². The van der Waals surface area contributed by atoms with Gasteiger partial charge in [0.05, 0.1) is 31.1 Å². The number of fused-ring (bicyclic) bond motifs is 2. The van der Waals surface area contributed by atoms with Crippen LogP contribution in [0.1, 0.15) is 37.2 Å². The summed E-state index contributed by atoms with van der Waals surface area (Å²) < 4.78 is 32.5. The SMILES string of the molecule is CCOC(=O)Cn1c(C(=O)OCC)c(OC[C@H]2CCCN2c2ncnc3nc[nH]c23)c2cc(F)ccc21. The van der Waals surface area contributed by atoms with E-state index in [-0.39, 0.29) is 43.9 Å². The fourth-order valence-corrected chi connectivity index (χ4v) is 4.78. The highest BCUT2D eigenvalue weighted by atomic mass is 19.1. The second-order valence-corrected chi connectivity index (χ2v) is 8.55. The summed E-state index contributed by atoms with van der Waals surface area (Å²) >= 11 is 0. The Morgan fingerprint density at radius 1 is 1.16 bits per heavy atom. The van der Waals surface area contributed by atoms with Gasteiger partial charge in [0.15, 0.2) is 22.9 Å². The maximum absolute atomic E-state index is 14.3. The van der Waals surface area contributed by atoms with Gasteiger partial charge in [0, 0.05) is 11.9 Å². The first kappa shape index (κ1) is 24.5. The Hall–Kier alpha value is -4.22. The molecule has 0 radical (unpaired) electrons. The molecule has 0 amide bonds. The van der Waals surface area contributed by atoms with Gasteiger partial charge in [-0.3, -0.25) is 4.79 Å². The van der Waals surface area contributed by atoms with Crippen molar-refractivity contribution in [1.29, 1.82) is 0 Å². The zero-order chi connectivity index (χ0) is 25.9. The maximum atomic E-state index is 14.3. The molecule has 1 aliphatic rings. The van der Waals surface area contributed by atoms with Crippen LogP contribution in [0.5, 0.6) is 5.75 Å². The van der Waals surface area contributed by atoms with Gasteiger partial charge in [-0.05, 0) is 44.9 Å². The number of H-pyrrole nitrogens is 1. The highest BCUT2D eigenvalue weighted by molar-refractivity contribution is 6.02. The normalized spacial score (nSPS) is 15.4. The molecule has 194 valence electrons. The van der Waals surface area contributed by atoms with Gasteiger partial charge >= 0.3 is 11.9 Å². The van der Waals surface area contributed by atoms with Crippen LogP contribution in [-0.2, 0) is 20.8 Å². The van der Waals surface area contributed by atoms with E-state index in [1.165, 1.54) is 29.1 Å². The van der Waals surface area contributed by atoms with Crippen molar-refractivity contribution in [2.75, 3.05) is 31.3 Å². The van der Waals surface area contributed by atoms with Gasteiger partial charge in [-0.25, -0.2) is 24.1 Å². The number of hydrogen-bond donors (Lipinski definition) is 1. The van der Waals surface area contributed by atoms with Crippen molar-refractivity contribution >= 4 is 39.8 Å². The van der Waals surface area contributed by atoms with E-state index in [1.54, 1.807) is 20.2 Å². The minimum Gasteiger partial charge on any atom is -0.488 e. The zero-order valence-electron chi connectivity index (χ0n) is 20.6. The minimum atomic E-state index is -0.670. The number of nitrogens with one attached hydrogen (secondary N) is 1. The smallest absolute Gasteiger partial charge is 0.358 e. The van der Waals surface area contributed by atoms with Crippen LogP contribution in [0.15, 0.2) is 30.9 Å². The number of rotatable bonds is 9. The van der Waals surface area contributed by atoms with Crippen molar-refractivity contribution in [3.8, 4) is 5.75 Å². The van der Waals surface area contributed by atoms with Crippen LogP contribution < -0.4 is 9.64 Å². The third-order valence-corrected chi connectivity index (χ3v) is 6.31. The van der Waals surface area contributed by atoms with E-state index >= 15 is 0 Å². The van der Waals surface area contributed by atoms with Gasteiger partial charge < -0.3 is 28.7 Å². The highest BCUT2D eigenvalue weighted by Crippen LogP contribution is 2.36. The molecule has 5 rings (SSSR count). The first-order valence-corrected chi connectivity index (χ1v) is 12.2. The van der Waals surface area contributed by atoms with Gasteiger partial charge in [0.1, 0.15) is 30.8 Å². The summed E-state index contributed by atoms with van der Waals surface area (Å²) in [4.78, 5) is 43.5. The van der Waals surface area contributed by atoms with Crippen molar-refractivity contribution in [2.24, 2.45) is 0 Å². The van der Waals surface area contributed by atoms with Crippen LogP contribution in [0.25, 0.3) is 22.1 Å². The molecular formula is C25H27FN6O5. The summed E-state index contributed by atoms with van der Waals surface area (Å²) in [6.07, 6.45) is 4.78. The molecule has 0 unspecified atom stereocenters. The number of ether oxygens (including phenoxy) is 3. The van der Waals surface area contributed by atoms with E-state index in [0.29, 0.717) is 16.6 Å². The molecule has 1 fully saturated rings. The monoisotopic (exact) mass is 510 g/mol. The fourth-order valence-electron chi connectivity index (χ4n) is 4.78. The van der Waals surface area contributed by atoms with Crippen molar-refractivity contribution in [3.63, 3.8) is 0 Å². The molecule has 4 heterocycles. The lowest BCUT2D eigenvalue weighted by molar-refractivity contribution is -0.143. The topological polar surface area (TPSA) is 124 Å². The second kappa shape index (κ2) is 10.4. The van der Waals surface area contributed by atoms with E-state index in [9.17, 15) is 14.0 Å². The van der Waals surface area contributed by atoms with Gasteiger partial charge in [-0.15, -0.1) is 0 Å². The average molecular weight is 511 g/mol. The highest BCUT2D eigenvalue weighted by Gasteiger charge is 2.31. The summed E-state index contributed by atoms with van der Waals surface area (Å²) in [5.41, 5.74) is 1.80. The summed E-state index contributed by atoms with van der Waals surface area (Å²) in [6.45, 7) is 4.40. The van der Waals surface area contributed by atoms with Crippen molar-refractivity contribution in [2.45, 2.75) is 39.3 Å². The zero-order valence-corrected chi connectivity index (χ0v) is 20.6. The predicted molar refractivity (Wildman–Crippen MR) is 132 cm³/mol. The van der Waals surface area contributed by atoms with Crippen molar-refractivity contribution in [3.05, 3.63) is 42.4 Å². The second-order valence-electron chi connectivity index (χ2n) is 8.55. The van der Waals surface area contributed by atoms with Gasteiger partial charge in [-0.1, -0.05) is 0 Å². The Labute approximate surface area is 211 Å². The number of carbonyl (C=O) groups is 2. The van der Waals surface area contributed by atoms with Gasteiger partial charge in [-0.2, -0.15) is 0 Å². The molecule has 1 aliphatic heterocycles. The molecule has 1 aromatic carbocycles. The summed E-state index contributed by atoms with van der Waals surface area (Å²) in [5.74, 6) is -0.814. The fraction of sp³-hybridized carbons (Fsp3) is 0.400.